The van der Waals surface area contributed by atoms with Gasteiger partial charge in [-0.15, -0.1) is 0 Å². The molecule has 3 aliphatic rings. The summed E-state index contributed by atoms with van der Waals surface area (Å²) >= 11 is 0. The third-order valence-corrected chi connectivity index (χ3v) is 5.76. The van der Waals surface area contributed by atoms with Gasteiger partial charge >= 0.3 is 18.1 Å². The molecular formula is C21H21F3N4O8. The van der Waals surface area contributed by atoms with Gasteiger partial charge in [0.2, 0.25) is 11.8 Å². The lowest BCUT2D eigenvalue weighted by Crippen LogP contribution is -2.54. The van der Waals surface area contributed by atoms with E-state index in [0.717, 1.165) is 10.6 Å². The highest BCUT2D eigenvalue weighted by atomic mass is 19.4. The number of carbonyl (C=O) groups excluding carboxylic acids is 4. The van der Waals surface area contributed by atoms with E-state index in [1.54, 1.807) is 18.2 Å². The van der Waals surface area contributed by atoms with Gasteiger partial charge in [-0.2, -0.15) is 13.2 Å². The van der Waals surface area contributed by atoms with Gasteiger partial charge < -0.3 is 15.1 Å². The van der Waals surface area contributed by atoms with Crippen molar-refractivity contribution in [1.82, 2.24) is 15.1 Å². The minimum Gasteiger partial charge on any atom is -0.480 e. The summed E-state index contributed by atoms with van der Waals surface area (Å²) in [5.74, 6) is -5.73. The van der Waals surface area contributed by atoms with Gasteiger partial charge in [-0.05, 0) is 24.6 Å². The summed E-state index contributed by atoms with van der Waals surface area (Å²) in [6.45, 7) is 2.36. The maximum atomic E-state index is 12.9. The number of carboxylic acid groups (broad SMARTS) is 2. The van der Waals surface area contributed by atoms with Gasteiger partial charge in [-0.3, -0.25) is 39.1 Å². The summed E-state index contributed by atoms with van der Waals surface area (Å²) < 4.78 is 31.7. The number of imide groups is 2. The molecule has 36 heavy (non-hydrogen) atoms. The number of fused-ring (bicyclic) bond motifs is 1. The molecule has 1 unspecified atom stereocenters. The number of anilines is 1. The monoisotopic (exact) mass is 514 g/mol. The minimum absolute atomic E-state index is 0.00800. The van der Waals surface area contributed by atoms with Crippen LogP contribution in [-0.2, 0) is 19.2 Å². The summed E-state index contributed by atoms with van der Waals surface area (Å²) in [6.07, 6.45) is -4.88. The fraction of sp³-hybridized carbons (Fsp3) is 0.429. The molecule has 4 amide bonds. The van der Waals surface area contributed by atoms with Gasteiger partial charge in [-0.25, -0.2) is 4.79 Å². The zero-order valence-electron chi connectivity index (χ0n) is 18.6. The molecule has 0 radical (unpaired) electrons. The number of aliphatic carboxylic acids is 2. The van der Waals surface area contributed by atoms with Crippen LogP contribution < -0.4 is 10.2 Å². The van der Waals surface area contributed by atoms with E-state index in [0.29, 0.717) is 26.2 Å². The third kappa shape index (κ3) is 5.79. The molecule has 2 fully saturated rings. The molecule has 0 spiro atoms. The van der Waals surface area contributed by atoms with Crippen LogP contribution in [0.4, 0.5) is 18.9 Å². The van der Waals surface area contributed by atoms with Crippen LogP contribution in [0.2, 0.25) is 0 Å². The highest BCUT2D eigenvalue weighted by Gasteiger charge is 2.44. The molecule has 194 valence electrons. The molecule has 12 nitrogen and oxygen atoms in total. The molecule has 0 aromatic heterocycles. The second kappa shape index (κ2) is 10.3. The Morgan fingerprint density at radius 1 is 0.972 bits per heavy atom. The van der Waals surface area contributed by atoms with E-state index in [-0.39, 0.29) is 30.5 Å². The Labute approximate surface area is 201 Å². The first-order valence-electron chi connectivity index (χ1n) is 10.6. The van der Waals surface area contributed by atoms with Crippen LogP contribution in [0, 0.1) is 0 Å². The first-order valence-corrected chi connectivity index (χ1v) is 10.6. The van der Waals surface area contributed by atoms with Gasteiger partial charge in [0.05, 0.1) is 17.7 Å². The Hall–Kier alpha value is -4.01. The van der Waals surface area contributed by atoms with E-state index in [1.165, 1.54) is 0 Å². The number of nitrogens with zero attached hydrogens (tertiary/aromatic N) is 3. The van der Waals surface area contributed by atoms with Crippen LogP contribution >= 0.6 is 0 Å². The molecule has 1 atom stereocenters. The molecule has 1 aromatic rings. The number of hydrogen-bond acceptors (Lipinski definition) is 8. The summed E-state index contributed by atoms with van der Waals surface area (Å²) in [7, 11) is 0. The van der Waals surface area contributed by atoms with Crippen molar-refractivity contribution in [1.29, 1.82) is 0 Å². The molecule has 15 heteroatoms. The Kier molecular flexibility index (Phi) is 7.62. The Morgan fingerprint density at radius 2 is 1.56 bits per heavy atom. The average molecular weight is 514 g/mol. The first-order chi connectivity index (χ1) is 16.8. The normalized spacial score (nSPS) is 20.5. The Morgan fingerprint density at radius 3 is 2.08 bits per heavy atom. The number of nitrogens with one attached hydrogen (secondary N) is 1. The number of rotatable bonds is 4. The molecule has 3 N–H and O–H groups in total. The van der Waals surface area contributed by atoms with Gasteiger partial charge in [0.15, 0.2) is 0 Å². The van der Waals surface area contributed by atoms with E-state index >= 15 is 0 Å². The minimum atomic E-state index is -5.08. The molecule has 3 aliphatic heterocycles. The summed E-state index contributed by atoms with van der Waals surface area (Å²) in [5.41, 5.74) is 1.25. The molecule has 0 bridgehead atoms. The van der Waals surface area contributed by atoms with Crippen LogP contribution in [0.5, 0.6) is 0 Å². The van der Waals surface area contributed by atoms with Crippen LogP contribution in [-0.4, -0.2) is 101 Å². The lowest BCUT2D eigenvalue weighted by atomic mass is 10.0. The fourth-order valence-corrected chi connectivity index (χ4v) is 4.01. The van der Waals surface area contributed by atoms with Crippen LogP contribution in [0.3, 0.4) is 0 Å². The van der Waals surface area contributed by atoms with E-state index in [2.05, 4.69) is 5.32 Å². The van der Waals surface area contributed by atoms with Crippen molar-refractivity contribution >= 4 is 41.3 Å². The number of hydrogen-bond donors (Lipinski definition) is 3. The van der Waals surface area contributed by atoms with Crippen LogP contribution in [0.25, 0.3) is 0 Å². The predicted molar refractivity (Wildman–Crippen MR) is 113 cm³/mol. The molecule has 4 rings (SSSR count). The number of piperazine rings is 1. The van der Waals surface area contributed by atoms with E-state index in [1.807, 2.05) is 9.80 Å². The van der Waals surface area contributed by atoms with Gasteiger partial charge in [0.25, 0.3) is 11.8 Å². The number of alkyl halides is 3. The fourth-order valence-electron chi connectivity index (χ4n) is 4.01. The van der Waals surface area contributed by atoms with Crippen molar-refractivity contribution in [2.75, 3.05) is 37.6 Å². The topological polar surface area (TPSA) is 165 Å². The lowest BCUT2D eigenvalue weighted by Gasteiger charge is -2.35. The van der Waals surface area contributed by atoms with E-state index < -0.39 is 47.8 Å². The highest BCUT2D eigenvalue weighted by molar-refractivity contribution is 6.23. The van der Waals surface area contributed by atoms with E-state index in [4.69, 9.17) is 15.0 Å². The van der Waals surface area contributed by atoms with Crippen molar-refractivity contribution in [2.45, 2.75) is 25.1 Å². The lowest BCUT2D eigenvalue weighted by molar-refractivity contribution is -0.192. The molecular weight excluding hydrogens is 493 g/mol. The maximum absolute atomic E-state index is 12.9. The smallest absolute Gasteiger partial charge is 0.480 e. The molecule has 0 aliphatic carbocycles. The molecule has 3 heterocycles. The number of carboxylic acids is 2. The second-order valence-corrected chi connectivity index (χ2v) is 8.14. The quantitative estimate of drug-likeness (QED) is 0.463. The first kappa shape index (κ1) is 26.6. The number of benzene rings is 1. The number of carbonyl (C=O) groups is 6. The van der Waals surface area contributed by atoms with Crippen molar-refractivity contribution in [3.05, 3.63) is 29.3 Å². The average Bonchev–Trinajstić information content (AvgIpc) is 3.03. The maximum Gasteiger partial charge on any atom is 0.490 e. The van der Waals surface area contributed by atoms with Crippen molar-refractivity contribution < 1.29 is 52.2 Å². The predicted octanol–water partition coefficient (Wildman–Crippen LogP) is -0.0723. The van der Waals surface area contributed by atoms with Crippen molar-refractivity contribution in [3.8, 4) is 0 Å². The zero-order chi connectivity index (χ0) is 26.8. The molecule has 0 saturated carbocycles. The zero-order valence-corrected chi connectivity index (χ0v) is 18.6. The van der Waals surface area contributed by atoms with Gasteiger partial charge in [0, 0.05) is 38.3 Å². The van der Waals surface area contributed by atoms with Gasteiger partial charge in [-0.1, -0.05) is 0 Å². The standard InChI is InChI=1S/C19H20N4O6.C2HF3O2/c24-15-4-3-14(17(27)20-15)23-18(28)12-2-1-11(9-13(12)19(23)29)22-7-5-21(6-8-22)10-16(25)26;3-2(4,5)1(6)7/h1-2,9,14H,3-8,10H2,(H,25,26)(H,20,24,27);(H,6,7). The van der Waals surface area contributed by atoms with E-state index in [9.17, 15) is 37.1 Å². The summed E-state index contributed by atoms with van der Waals surface area (Å²) in [6, 6.07) is 4.00. The highest BCUT2D eigenvalue weighted by Crippen LogP contribution is 2.31. The SMILES string of the molecule is O=C(O)C(F)(F)F.O=C(O)CN1CCN(c2ccc3c(c2)C(=O)N(C2CCC(=O)NC2=O)C3=O)CC1. The third-order valence-electron chi connectivity index (χ3n) is 5.76. The second-order valence-electron chi connectivity index (χ2n) is 8.14. The van der Waals surface area contributed by atoms with Crippen LogP contribution in [0.1, 0.15) is 33.6 Å². The molecule has 2 saturated heterocycles. The Balaban J connectivity index is 0.000000454. The van der Waals surface area contributed by atoms with Crippen molar-refractivity contribution in [2.24, 2.45) is 0 Å². The van der Waals surface area contributed by atoms with Crippen LogP contribution in [0.15, 0.2) is 18.2 Å². The van der Waals surface area contributed by atoms with Crippen molar-refractivity contribution in [3.63, 3.8) is 0 Å². The van der Waals surface area contributed by atoms with Gasteiger partial charge in [0.1, 0.15) is 6.04 Å². The largest absolute Gasteiger partial charge is 0.490 e. The number of amides is 4. The summed E-state index contributed by atoms with van der Waals surface area (Å²) in [4.78, 5) is 73.7. The number of piperidine rings is 1. The molecule has 1 aromatic carbocycles. The Bertz CT molecular complexity index is 1110. The number of halogens is 3. The summed E-state index contributed by atoms with van der Waals surface area (Å²) in [5, 5.41) is 18.2.